The third kappa shape index (κ3) is 9.01. The normalized spacial score (nSPS) is 2.00. The summed E-state index contributed by atoms with van der Waals surface area (Å²) in [6, 6.07) is 0. The molecule has 0 rings (SSSR count). The van der Waals surface area contributed by atoms with Crippen molar-refractivity contribution in [3.05, 3.63) is 0 Å². The summed E-state index contributed by atoms with van der Waals surface area (Å²) in [5, 5.41) is 0. The van der Waals surface area contributed by atoms with Gasteiger partial charge in [-0.25, -0.2) is 0 Å². The predicted molar refractivity (Wildman–Crippen MR) is 18.5 cm³/mol. The Labute approximate surface area is 62.7 Å². The van der Waals surface area contributed by atoms with Crippen LogP contribution in [0.2, 0.25) is 0 Å². The SMILES string of the molecule is [AlH2][SiH3].[Cu].[Ti]. The first kappa shape index (κ1) is 16.7. The van der Waals surface area contributed by atoms with Crippen molar-refractivity contribution in [1.82, 2.24) is 0 Å². The van der Waals surface area contributed by atoms with Crippen LogP contribution in [0.5, 0.6) is 0 Å². The van der Waals surface area contributed by atoms with Gasteiger partial charge in [0.05, 0.1) is 0 Å². The fourth-order valence-corrected chi connectivity index (χ4v) is 0. The minimum absolute atomic E-state index is 0. The van der Waals surface area contributed by atoms with E-state index in [-0.39, 0.29) is 38.8 Å². The standard InChI is InChI=1S/Al.Cu.H3Si.Ti.2H/h;;1H3;;;. The van der Waals surface area contributed by atoms with Crippen molar-refractivity contribution in [1.29, 1.82) is 0 Å². The van der Waals surface area contributed by atoms with Gasteiger partial charge in [0.15, 0.2) is 15.6 Å². The minimum Gasteiger partial charge on any atom is -0.0504 e. The van der Waals surface area contributed by atoms with E-state index in [1.54, 1.807) is 0 Å². The van der Waals surface area contributed by atoms with E-state index in [2.05, 4.69) is 0 Å². The van der Waals surface area contributed by atoms with Crippen molar-refractivity contribution in [2.45, 2.75) is 0 Å². The molecule has 0 aliphatic rings. The van der Waals surface area contributed by atoms with Crippen LogP contribution in [0.3, 0.4) is 0 Å². The van der Waals surface area contributed by atoms with Gasteiger partial charge in [0.2, 0.25) is 0 Å². The summed E-state index contributed by atoms with van der Waals surface area (Å²) in [6.45, 7) is 0. The van der Waals surface area contributed by atoms with Crippen molar-refractivity contribution in [2.75, 3.05) is 0 Å². The second-order valence-corrected chi connectivity index (χ2v) is 0. The van der Waals surface area contributed by atoms with Gasteiger partial charge in [-0.2, -0.15) is 0 Å². The Bertz CT molecular complexity index is 8.00. The summed E-state index contributed by atoms with van der Waals surface area (Å²) in [6.07, 6.45) is 0. The van der Waals surface area contributed by atoms with E-state index in [1.807, 2.05) is 0 Å². The summed E-state index contributed by atoms with van der Waals surface area (Å²) in [5.74, 6) is 0. The molecular formula is H5AlCuSiTi. The quantitative estimate of drug-likeness (QED) is 0.366. The van der Waals surface area contributed by atoms with Crippen LogP contribution in [-0.2, 0) is 38.8 Å². The molecule has 0 heterocycles. The van der Waals surface area contributed by atoms with Crippen LogP contribution >= 0.6 is 0 Å². The van der Waals surface area contributed by atoms with E-state index in [4.69, 9.17) is 0 Å². The van der Waals surface area contributed by atoms with Crippen molar-refractivity contribution in [3.63, 3.8) is 0 Å². The van der Waals surface area contributed by atoms with Gasteiger partial charge in [0, 0.05) is 38.8 Å². The second-order valence-electron chi connectivity index (χ2n) is 0. The zero-order chi connectivity index (χ0) is 2.00. The largest absolute Gasteiger partial charge is 0.193 e. The summed E-state index contributed by atoms with van der Waals surface area (Å²) in [5.41, 5.74) is 0. The molecule has 27 valence electrons. The molecule has 0 aromatic heterocycles. The Morgan fingerprint density at radius 1 is 1.25 bits per heavy atom. The van der Waals surface area contributed by atoms with Gasteiger partial charge in [0.25, 0.3) is 0 Å². The summed E-state index contributed by atoms with van der Waals surface area (Å²) in [4.78, 5) is 0. The van der Waals surface area contributed by atoms with Crippen LogP contribution in [0.4, 0.5) is 0 Å². The Kier molecular flexibility index (Phi) is 83.9. The summed E-state index contributed by atoms with van der Waals surface area (Å²) >= 11 is 1.44. The van der Waals surface area contributed by atoms with Crippen molar-refractivity contribution in [2.24, 2.45) is 0 Å². The third-order valence-electron chi connectivity index (χ3n) is 0. The van der Waals surface area contributed by atoms with Crippen LogP contribution < -0.4 is 0 Å². The first-order valence-corrected chi connectivity index (χ1v) is 9.00. The van der Waals surface area contributed by atoms with Crippen LogP contribution in [0, 0.1) is 0 Å². The number of rotatable bonds is 0. The first-order valence-electron chi connectivity index (χ1n) is 1.00. The molecule has 0 saturated carbocycles. The zero-order valence-electron chi connectivity index (χ0n) is 2.80. The molecule has 0 fully saturated rings. The average Bonchev–Trinajstić information content (AvgIpc) is 1.00. The van der Waals surface area contributed by atoms with Gasteiger partial charge in [-0.15, -0.1) is 0 Å². The molecule has 0 spiro atoms. The molecule has 4 heteroatoms. The summed E-state index contributed by atoms with van der Waals surface area (Å²) < 4.78 is 0. The maximum absolute atomic E-state index is 1.44. The maximum atomic E-state index is 1.44. The molecule has 0 aliphatic heterocycles. The van der Waals surface area contributed by atoms with Crippen molar-refractivity contribution in [3.8, 4) is 0 Å². The van der Waals surface area contributed by atoms with E-state index < -0.39 is 0 Å². The summed E-state index contributed by atoms with van der Waals surface area (Å²) in [7, 11) is 1.44. The molecular weight excluding hydrogens is 166 g/mol. The molecule has 1 radical (unpaired) electrons. The predicted octanol–water partition coefficient (Wildman–Crippen LogP) is -2.11. The zero-order valence-corrected chi connectivity index (χ0v) is 9.30. The van der Waals surface area contributed by atoms with Gasteiger partial charge >= 0.3 is 0 Å². The van der Waals surface area contributed by atoms with Gasteiger partial charge in [-0.1, -0.05) is 8.80 Å². The fourth-order valence-electron chi connectivity index (χ4n) is 0. The van der Waals surface area contributed by atoms with Gasteiger partial charge in [0.1, 0.15) is 0 Å². The van der Waals surface area contributed by atoms with E-state index in [1.165, 1.54) is 24.4 Å². The fraction of sp³-hybridized carbons (Fsp3) is 0. The van der Waals surface area contributed by atoms with E-state index in [0.717, 1.165) is 0 Å². The van der Waals surface area contributed by atoms with Crippen LogP contribution in [0.1, 0.15) is 0 Å². The Balaban J connectivity index is -0.00000000500. The van der Waals surface area contributed by atoms with Crippen LogP contribution in [0.15, 0.2) is 0 Å². The molecule has 0 unspecified atom stereocenters. The molecule has 0 aromatic carbocycles. The van der Waals surface area contributed by atoms with Crippen LogP contribution in [0.25, 0.3) is 0 Å². The van der Waals surface area contributed by atoms with E-state index in [9.17, 15) is 0 Å². The molecule has 0 amide bonds. The van der Waals surface area contributed by atoms with Crippen LogP contribution in [-0.4, -0.2) is 24.4 Å². The molecule has 0 bridgehead atoms. The van der Waals surface area contributed by atoms with Gasteiger partial charge in [-0.05, 0) is 0 Å². The molecule has 0 aliphatic carbocycles. The monoisotopic (exact) mass is 171 g/mol. The van der Waals surface area contributed by atoms with Crippen molar-refractivity contribution < 1.29 is 38.8 Å². The Morgan fingerprint density at radius 2 is 1.25 bits per heavy atom. The topological polar surface area (TPSA) is 0 Å². The van der Waals surface area contributed by atoms with E-state index in [0.29, 0.717) is 0 Å². The average molecular weight is 172 g/mol. The van der Waals surface area contributed by atoms with E-state index >= 15 is 0 Å². The minimum atomic E-state index is 0. The molecule has 0 atom stereocenters. The Morgan fingerprint density at radius 3 is 1.25 bits per heavy atom. The Hall–Kier alpha value is 1.98. The van der Waals surface area contributed by atoms with Crippen molar-refractivity contribution >= 4 is 24.4 Å². The third-order valence-corrected chi connectivity index (χ3v) is 0. The molecule has 0 aromatic rings. The van der Waals surface area contributed by atoms with Gasteiger partial charge < -0.3 is 0 Å². The second kappa shape index (κ2) is 20.1. The molecule has 4 heavy (non-hydrogen) atoms. The molecule has 0 N–H and O–H groups in total. The first-order chi connectivity index (χ1) is 1.00. The molecule has 0 saturated heterocycles. The smallest absolute Gasteiger partial charge is 0.0504 e. The molecule has 0 nitrogen and oxygen atoms in total. The maximum Gasteiger partial charge on any atom is 0.193 e. The number of hydrogen-bond donors (Lipinski definition) is 0. The number of hydrogen-bond acceptors (Lipinski definition) is 0. The van der Waals surface area contributed by atoms with Gasteiger partial charge in [-0.3, -0.25) is 0 Å².